The molecule has 1 unspecified atom stereocenters. The van der Waals surface area contributed by atoms with Crippen LogP contribution in [0.25, 0.3) is 0 Å². The Morgan fingerprint density at radius 1 is 1.43 bits per heavy atom. The second kappa shape index (κ2) is 4.74. The summed E-state index contributed by atoms with van der Waals surface area (Å²) in [5.74, 6) is -1.40. The van der Waals surface area contributed by atoms with Crippen LogP contribution < -0.4 is 0 Å². The van der Waals surface area contributed by atoms with Crippen molar-refractivity contribution in [3.8, 4) is 0 Å². The standard InChI is InChI=1S/C11H13FO2/c1-8(11(13)14)2-3-9-4-6-10(12)7-5-9/h4-8H,2-3H2,1H3,(H,13,14). The molecule has 0 bridgehead atoms. The molecule has 2 nitrogen and oxygen atoms in total. The maximum absolute atomic E-state index is 12.5. The van der Waals surface area contributed by atoms with Crippen LogP contribution in [0.1, 0.15) is 18.9 Å². The van der Waals surface area contributed by atoms with Gasteiger partial charge in [-0.1, -0.05) is 19.1 Å². The number of halogens is 1. The molecule has 0 saturated carbocycles. The van der Waals surface area contributed by atoms with Gasteiger partial charge in [-0.25, -0.2) is 4.39 Å². The first-order chi connectivity index (χ1) is 6.59. The molecule has 0 aliphatic heterocycles. The molecule has 0 radical (unpaired) electrons. The van der Waals surface area contributed by atoms with E-state index in [1.807, 2.05) is 0 Å². The molecule has 1 rings (SSSR count). The monoisotopic (exact) mass is 196 g/mol. The zero-order chi connectivity index (χ0) is 10.6. The molecule has 1 aromatic rings. The zero-order valence-electron chi connectivity index (χ0n) is 8.03. The zero-order valence-corrected chi connectivity index (χ0v) is 8.03. The Labute approximate surface area is 82.4 Å². The summed E-state index contributed by atoms with van der Waals surface area (Å²) < 4.78 is 12.5. The van der Waals surface area contributed by atoms with E-state index in [-0.39, 0.29) is 11.7 Å². The van der Waals surface area contributed by atoms with Gasteiger partial charge in [0.05, 0.1) is 5.92 Å². The normalized spacial score (nSPS) is 12.4. The maximum atomic E-state index is 12.5. The first-order valence-electron chi connectivity index (χ1n) is 4.57. The third-order valence-corrected chi connectivity index (χ3v) is 2.20. The Balaban J connectivity index is 2.46. The Bertz CT molecular complexity index is 306. The van der Waals surface area contributed by atoms with Gasteiger partial charge in [0.25, 0.3) is 0 Å². The fraction of sp³-hybridized carbons (Fsp3) is 0.364. The second-order valence-corrected chi connectivity index (χ2v) is 3.40. The highest BCUT2D eigenvalue weighted by Gasteiger charge is 2.10. The molecule has 0 aliphatic carbocycles. The van der Waals surface area contributed by atoms with Gasteiger partial charge in [-0.2, -0.15) is 0 Å². The van der Waals surface area contributed by atoms with Gasteiger partial charge >= 0.3 is 5.97 Å². The van der Waals surface area contributed by atoms with Crippen LogP contribution in [0, 0.1) is 11.7 Å². The summed E-state index contributed by atoms with van der Waals surface area (Å²) >= 11 is 0. The van der Waals surface area contributed by atoms with Crippen LogP contribution in [0.3, 0.4) is 0 Å². The van der Waals surface area contributed by atoms with Gasteiger partial charge in [-0.3, -0.25) is 4.79 Å². The van der Waals surface area contributed by atoms with Gasteiger partial charge in [-0.15, -0.1) is 0 Å². The molecule has 0 spiro atoms. The smallest absolute Gasteiger partial charge is 0.306 e. The van der Waals surface area contributed by atoms with Gasteiger partial charge in [0, 0.05) is 0 Å². The third kappa shape index (κ3) is 3.17. The predicted octanol–water partition coefficient (Wildman–Crippen LogP) is 2.48. The lowest BCUT2D eigenvalue weighted by Crippen LogP contribution is -2.10. The van der Waals surface area contributed by atoms with Crippen molar-refractivity contribution in [3.05, 3.63) is 35.6 Å². The van der Waals surface area contributed by atoms with E-state index in [9.17, 15) is 9.18 Å². The van der Waals surface area contributed by atoms with Crippen LogP contribution in [-0.2, 0) is 11.2 Å². The molecular weight excluding hydrogens is 183 g/mol. The third-order valence-electron chi connectivity index (χ3n) is 2.20. The molecule has 76 valence electrons. The van der Waals surface area contributed by atoms with Gasteiger partial charge in [0.1, 0.15) is 5.82 Å². The van der Waals surface area contributed by atoms with Crippen molar-refractivity contribution in [1.29, 1.82) is 0 Å². The van der Waals surface area contributed by atoms with Crippen molar-refractivity contribution in [2.75, 3.05) is 0 Å². The Hall–Kier alpha value is -1.38. The molecule has 14 heavy (non-hydrogen) atoms. The fourth-order valence-corrected chi connectivity index (χ4v) is 1.16. The quantitative estimate of drug-likeness (QED) is 0.803. The first-order valence-corrected chi connectivity index (χ1v) is 4.57. The van der Waals surface area contributed by atoms with Crippen LogP contribution in [0.4, 0.5) is 4.39 Å². The number of carbonyl (C=O) groups is 1. The van der Waals surface area contributed by atoms with E-state index in [1.165, 1.54) is 12.1 Å². The molecule has 1 atom stereocenters. The highest BCUT2D eigenvalue weighted by Crippen LogP contribution is 2.10. The number of benzene rings is 1. The average molecular weight is 196 g/mol. The Morgan fingerprint density at radius 3 is 2.50 bits per heavy atom. The minimum atomic E-state index is -0.785. The highest BCUT2D eigenvalue weighted by atomic mass is 19.1. The van der Waals surface area contributed by atoms with Crippen molar-refractivity contribution in [1.82, 2.24) is 0 Å². The van der Waals surface area contributed by atoms with Crippen molar-refractivity contribution >= 4 is 5.97 Å². The van der Waals surface area contributed by atoms with E-state index < -0.39 is 5.97 Å². The molecule has 0 amide bonds. The van der Waals surface area contributed by atoms with Crippen LogP contribution >= 0.6 is 0 Å². The molecule has 0 heterocycles. The van der Waals surface area contributed by atoms with Gasteiger partial charge in [-0.05, 0) is 30.5 Å². The molecule has 3 heteroatoms. The van der Waals surface area contributed by atoms with E-state index in [4.69, 9.17) is 5.11 Å². The fourth-order valence-electron chi connectivity index (χ4n) is 1.16. The second-order valence-electron chi connectivity index (χ2n) is 3.40. The minimum Gasteiger partial charge on any atom is -0.481 e. The SMILES string of the molecule is CC(CCc1ccc(F)cc1)C(=O)O. The summed E-state index contributed by atoms with van der Waals surface area (Å²) in [5.41, 5.74) is 0.972. The number of rotatable bonds is 4. The molecule has 0 fully saturated rings. The van der Waals surface area contributed by atoms with E-state index in [0.29, 0.717) is 12.8 Å². The topological polar surface area (TPSA) is 37.3 Å². The number of carboxylic acid groups (broad SMARTS) is 1. The summed E-state index contributed by atoms with van der Waals surface area (Å²) in [5, 5.41) is 8.64. The van der Waals surface area contributed by atoms with Crippen LogP contribution in [0.5, 0.6) is 0 Å². The van der Waals surface area contributed by atoms with Crippen molar-refractivity contribution in [2.45, 2.75) is 19.8 Å². The number of aliphatic carboxylic acids is 1. The van der Waals surface area contributed by atoms with Gasteiger partial charge in [0.2, 0.25) is 0 Å². The number of hydrogen-bond donors (Lipinski definition) is 1. The molecule has 0 aliphatic rings. The van der Waals surface area contributed by atoms with E-state index in [1.54, 1.807) is 19.1 Å². The molecule has 1 aromatic carbocycles. The molecule has 0 saturated heterocycles. The van der Waals surface area contributed by atoms with E-state index in [0.717, 1.165) is 5.56 Å². The minimum absolute atomic E-state index is 0.264. The Morgan fingerprint density at radius 2 is 2.00 bits per heavy atom. The lowest BCUT2D eigenvalue weighted by molar-refractivity contribution is -0.141. The number of aryl methyl sites for hydroxylation is 1. The molecular formula is C11H13FO2. The summed E-state index contributed by atoms with van der Waals surface area (Å²) in [6.07, 6.45) is 1.26. The van der Waals surface area contributed by atoms with E-state index >= 15 is 0 Å². The van der Waals surface area contributed by atoms with Crippen molar-refractivity contribution in [2.24, 2.45) is 5.92 Å². The van der Waals surface area contributed by atoms with Gasteiger partial charge in [0.15, 0.2) is 0 Å². The van der Waals surface area contributed by atoms with Crippen LogP contribution in [-0.4, -0.2) is 11.1 Å². The maximum Gasteiger partial charge on any atom is 0.306 e. The summed E-state index contributed by atoms with van der Waals surface area (Å²) in [7, 11) is 0. The summed E-state index contributed by atoms with van der Waals surface area (Å²) in [4.78, 5) is 10.5. The predicted molar refractivity (Wildman–Crippen MR) is 51.5 cm³/mol. The summed E-state index contributed by atoms with van der Waals surface area (Å²) in [6.45, 7) is 1.67. The lowest BCUT2D eigenvalue weighted by Gasteiger charge is -2.05. The lowest BCUT2D eigenvalue weighted by atomic mass is 10.0. The molecule has 1 N–H and O–H groups in total. The first kappa shape index (κ1) is 10.7. The largest absolute Gasteiger partial charge is 0.481 e. The number of carboxylic acids is 1. The molecule has 0 aromatic heterocycles. The van der Waals surface area contributed by atoms with Crippen molar-refractivity contribution in [3.63, 3.8) is 0 Å². The summed E-state index contributed by atoms with van der Waals surface area (Å²) in [6, 6.07) is 6.15. The van der Waals surface area contributed by atoms with Crippen LogP contribution in [0.2, 0.25) is 0 Å². The van der Waals surface area contributed by atoms with Crippen molar-refractivity contribution < 1.29 is 14.3 Å². The van der Waals surface area contributed by atoms with Crippen LogP contribution in [0.15, 0.2) is 24.3 Å². The number of hydrogen-bond acceptors (Lipinski definition) is 1. The van der Waals surface area contributed by atoms with E-state index in [2.05, 4.69) is 0 Å². The average Bonchev–Trinajstić information content (AvgIpc) is 2.16. The Kier molecular flexibility index (Phi) is 3.63. The van der Waals surface area contributed by atoms with Gasteiger partial charge < -0.3 is 5.11 Å². The highest BCUT2D eigenvalue weighted by molar-refractivity contribution is 5.69.